The minimum atomic E-state index is -0.579. The SMILES string of the molecule is CCC(C)NC(=O)C(C)N(Cc1cccc(C)c1)C(=O)Cc1ccccc1Cl. The number of hydrogen-bond acceptors (Lipinski definition) is 2. The van der Waals surface area contributed by atoms with Gasteiger partial charge in [-0.2, -0.15) is 0 Å². The Morgan fingerprint density at radius 3 is 2.46 bits per heavy atom. The molecule has 0 heterocycles. The smallest absolute Gasteiger partial charge is 0.242 e. The predicted molar refractivity (Wildman–Crippen MR) is 114 cm³/mol. The molecule has 2 amide bonds. The lowest BCUT2D eigenvalue weighted by molar-refractivity contribution is -0.140. The van der Waals surface area contributed by atoms with Crippen molar-refractivity contribution in [3.8, 4) is 0 Å². The van der Waals surface area contributed by atoms with Crippen LogP contribution in [0.25, 0.3) is 0 Å². The largest absolute Gasteiger partial charge is 0.352 e. The zero-order valence-corrected chi connectivity index (χ0v) is 17.8. The number of hydrogen-bond donors (Lipinski definition) is 1. The molecule has 0 fully saturated rings. The Balaban J connectivity index is 2.25. The third-order valence-electron chi connectivity index (χ3n) is 4.90. The highest BCUT2D eigenvalue weighted by atomic mass is 35.5. The molecule has 1 N–H and O–H groups in total. The van der Waals surface area contributed by atoms with Crippen LogP contribution in [-0.4, -0.2) is 28.8 Å². The third-order valence-corrected chi connectivity index (χ3v) is 5.27. The Morgan fingerprint density at radius 1 is 1.11 bits per heavy atom. The topological polar surface area (TPSA) is 49.4 Å². The summed E-state index contributed by atoms with van der Waals surface area (Å²) in [6.07, 6.45) is 0.996. The van der Waals surface area contributed by atoms with E-state index in [4.69, 9.17) is 11.6 Å². The number of nitrogens with zero attached hydrogens (tertiary/aromatic N) is 1. The summed E-state index contributed by atoms with van der Waals surface area (Å²) >= 11 is 6.23. The van der Waals surface area contributed by atoms with E-state index in [9.17, 15) is 9.59 Å². The predicted octanol–water partition coefficient (Wildman–Crippen LogP) is 4.52. The van der Waals surface area contributed by atoms with Crippen molar-refractivity contribution < 1.29 is 9.59 Å². The molecular weight excluding hydrogens is 372 g/mol. The maximum absolute atomic E-state index is 13.1. The number of amides is 2. The zero-order valence-electron chi connectivity index (χ0n) is 17.0. The molecule has 2 aromatic rings. The van der Waals surface area contributed by atoms with E-state index in [1.807, 2.05) is 63.2 Å². The first-order valence-electron chi connectivity index (χ1n) is 9.70. The van der Waals surface area contributed by atoms with E-state index >= 15 is 0 Å². The summed E-state index contributed by atoms with van der Waals surface area (Å²) in [5.41, 5.74) is 2.88. The molecule has 0 radical (unpaired) electrons. The van der Waals surface area contributed by atoms with Gasteiger partial charge in [-0.3, -0.25) is 9.59 Å². The van der Waals surface area contributed by atoms with Gasteiger partial charge in [0.05, 0.1) is 6.42 Å². The van der Waals surface area contributed by atoms with E-state index in [-0.39, 0.29) is 24.3 Å². The van der Waals surface area contributed by atoms with E-state index in [2.05, 4.69) is 5.32 Å². The van der Waals surface area contributed by atoms with Crippen molar-refractivity contribution in [3.05, 3.63) is 70.2 Å². The number of carbonyl (C=O) groups is 2. The Kier molecular flexibility index (Phi) is 8.06. The third kappa shape index (κ3) is 6.10. The standard InChI is InChI=1S/C23H29ClN2O2/c1-5-17(3)25-23(28)18(4)26(15-19-10-8-9-16(2)13-19)22(27)14-20-11-6-7-12-21(20)24/h6-13,17-18H,5,14-15H2,1-4H3,(H,25,28). The molecule has 150 valence electrons. The summed E-state index contributed by atoms with van der Waals surface area (Å²) in [6.45, 7) is 8.14. The fourth-order valence-electron chi connectivity index (χ4n) is 2.96. The molecule has 2 atom stereocenters. The van der Waals surface area contributed by atoms with Crippen LogP contribution in [0.3, 0.4) is 0 Å². The average molecular weight is 401 g/mol. The van der Waals surface area contributed by atoms with Crippen molar-refractivity contribution in [2.45, 2.75) is 59.2 Å². The van der Waals surface area contributed by atoms with Gasteiger partial charge in [-0.1, -0.05) is 66.6 Å². The second-order valence-corrected chi connectivity index (χ2v) is 7.68. The Labute approximate surface area is 172 Å². The molecule has 2 rings (SSSR count). The molecule has 0 saturated carbocycles. The molecule has 4 nitrogen and oxygen atoms in total. The monoisotopic (exact) mass is 400 g/mol. The lowest BCUT2D eigenvalue weighted by atomic mass is 10.1. The van der Waals surface area contributed by atoms with Gasteiger partial charge in [-0.05, 0) is 44.4 Å². The van der Waals surface area contributed by atoms with Crippen LogP contribution in [-0.2, 0) is 22.6 Å². The number of rotatable bonds is 8. The van der Waals surface area contributed by atoms with Gasteiger partial charge in [0.15, 0.2) is 0 Å². The molecule has 2 aromatic carbocycles. The van der Waals surface area contributed by atoms with E-state index < -0.39 is 6.04 Å². The van der Waals surface area contributed by atoms with Crippen molar-refractivity contribution in [2.24, 2.45) is 0 Å². The summed E-state index contributed by atoms with van der Waals surface area (Å²) < 4.78 is 0. The summed E-state index contributed by atoms with van der Waals surface area (Å²) in [7, 11) is 0. The van der Waals surface area contributed by atoms with Crippen LogP contribution in [0, 0.1) is 6.92 Å². The second-order valence-electron chi connectivity index (χ2n) is 7.27. The summed E-state index contributed by atoms with van der Waals surface area (Å²) in [4.78, 5) is 27.5. The van der Waals surface area contributed by atoms with Crippen LogP contribution in [0.1, 0.15) is 43.9 Å². The number of aryl methyl sites for hydroxylation is 1. The highest BCUT2D eigenvalue weighted by molar-refractivity contribution is 6.31. The fraction of sp³-hybridized carbons (Fsp3) is 0.391. The highest BCUT2D eigenvalue weighted by Crippen LogP contribution is 2.18. The van der Waals surface area contributed by atoms with Crippen molar-refractivity contribution in [1.82, 2.24) is 10.2 Å². The minimum Gasteiger partial charge on any atom is -0.352 e. The number of carbonyl (C=O) groups excluding carboxylic acids is 2. The van der Waals surface area contributed by atoms with Crippen molar-refractivity contribution in [3.63, 3.8) is 0 Å². The zero-order chi connectivity index (χ0) is 20.7. The molecule has 0 aliphatic rings. The van der Waals surface area contributed by atoms with Gasteiger partial charge >= 0.3 is 0 Å². The molecule has 0 aromatic heterocycles. The van der Waals surface area contributed by atoms with Gasteiger partial charge in [0.2, 0.25) is 11.8 Å². The van der Waals surface area contributed by atoms with Crippen LogP contribution >= 0.6 is 11.6 Å². The molecule has 5 heteroatoms. The Bertz CT molecular complexity index is 822. The molecule has 0 saturated heterocycles. The Morgan fingerprint density at radius 2 is 1.82 bits per heavy atom. The summed E-state index contributed by atoms with van der Waals surface area (Å²) in [5, 5.41) is 3.54. The van der Waals surface area contributed by atoms with Gasteiger partial charge in [-0.25, -0.2) is 0 Å². The first kappa shape index (κ1) is 22.0. The number of benzene rings is 2. The number of halogens is 1. The molecule has 0 aliphatic carbocycles. The van der Waals surface area contributed by atoms with Crippen LogP contribution in [0.4, 0.5) is 0 Å². The van der Waals surface area contributed by atoms with E-state index in [0.717, 1.165) is 23.1 Å². The van der Waals surface area contributed by atoms with Crippen molar-refractivity contribution in [2.75, 3.05) is 0 Å². The average Bonchev–Trinajstić information content (AvgIpc) is 2.67. The van der Waals surface area contributed by atoms with Crippen molar-refractivity contribution in [1.29, 1.82) is 0 Å². The van der Waals surface area contributed by atoms with Gasteiger partial charge in [0.25, 0.3) is 0 Å². The lowest BCUT2D eigenvalue weighted by Crippen LogP contribution is -2.49. The van der Waals surface area contributed by atoms with Crippen LogP contribution < -0.4 is 5.32 Å². The fourth-order valence-corrected chi connectivity index (χ4v) is 3.16. The highest BCUT2D eigenvalue weighted by Gasteiger charge is 2.27. The van der Waals surface area contributed by atoms with E-state index in [1.165, 1.54) is 0 Å². The van der Waals surface area contributed by atoms with Gasteiger partial charge < -0.3 is 10.2 Å². The normalized spacial score (nSPS) is 12.9. The van der Waals surface area contributed by atoms with E-state index in [1.54, 1.807) is 17.9 Å². The van der Waals surface area contributed by atoms with Crippen LogP contribution in [0.2, 0.25) is 5.02 Å². The first-order valence-corrected chi connectivity index (χ1v) is 10.1. The molecular formula is C23H29ClN2O2. The maximum Gasteiger partial charge on any atom is 0.242 e. The lowest BCUT2D eigenvalue weighted by Gasteiger charge is -2.30. The molecule has 2 unspecified atom stereocenters. The molecule has 28 heavy (non-hydrogen) atoms. The van der Waals surface area contributed by atoms with Crippen molar-refractivity contribution >= 4 is 23.4 Å². The van der Waals surface area contributed by atoms with E-state index in [0.29, 0.717) is 11.6 Å². The molecule has 0 aliphatic heterocycles. The minimum absolute atomic E-state index is 0.0643. The van der Waals surface area contributed by atoms with Gasteiger partial charge in [0.1, 0.15) is 6.04 Å². The Hall–Kier alpha value is -2.33. The summed E-state index contributed by atoms with van der Waals surface area (Å²) in [6, 6.07) is 14.8. The van der Waals surface area contributed by atoms with Crippen LogP contribution in [0.5, 0.6) is 0 Å². The number of nitrogens with one attached hydrogen (secondary N) is 1. The molecule has 0 bridgehead atoms. The second kappa shape index (κ2) is 10.3. The first-order chi connectivity index (χ1) is 13.3. The van der Waals surface area contributed by atoms with Crippen LogP contribution in [0.15, 0.2) is 48.5 Å². The molecule has 0 spiro atoms. The summed E-state index contributed by atoms with van der Waals surface area (Å²) in [5.74, 6) is -0.268. The van der Waals surface area contributed by atoms with Gasteiger partial charge in [-0.15, -0.1) is 0 Å². The quantitative estimate of drug-likeness (QED) is 0.708. The maximum atomic E-state index is 13.1. The van der Waals surface area contributed by atoms with Gasteiger partial charge in [0, 0.05) is 17.6 Å².